The Balaban J connectivity index is 1.78. The van der Waals surface area contributed by atoms with Crippen LogP contribution in [0.2, 0.25) is 0 Å². The highest BCUT2D eigenvalue weighted by atomic mass is 16.3. The van der Waals surface area contributed by atoms with Gasteiger partial charge in [-0.05, 0) is 50.1 Å². The molecule has 3 saturated heterocycles. The molecular formula is C15H22N2O2. The topological polar surface area (TPSA) is 43.8 Å². The van der Waals surface area contributed by atoms with E-state index in [-0.39, 0.29) is 6.10 Å². The van der Waals surface area contributed by atoms with Crippen molar-refractivity contribution in [3.05, 3.63) is 11.3 Å². The van der Waals surface area contributed by atoms with Crippen LogP contribution in [0.1, 0.15) is 38.5 Å². The van der Waals surface area contributed by atoms with Crippen LogP contribution in [-0.2, 0) is 4.79 Å². The molecule has 3 atom stereocenters. The van der Waals surface area contributed by atoms with Crippen LogP contribution in [0, 0.1) is 5.92 Å². The lowest BCUT2D eigenvalue weighted by molar-refractivity contribution is -0.133. The molecular weight excluding hydrogens is 240 g/mol. The van der Waals surface area contributed by atoms with Gasteiger partial charge in [0.15, 0.2) is 0 Å². The van der Waals surface area contributed by atoms with Crippen molar-refractivity contribution in [1.29, 1.82) is 0 Å². The molecule has 4 rings (SSSR count). The highest BCUT2D eigenvalue weighted by Crippen LogP contribution is 2.43. The van der Waals surface area contributed by atoms with Crippen LogP contribution in [0.25, 0.3) is 0 Å². The number of fused-ring (bicyclic) bond motifs is 1. The van der Waals surface area contributed by atoms with Gasteiger partial charge in [-0.1, -0.05) is 0 Å². The molecule has 4 nitrogen and oxygen atoms in total. The van der Waals surface area contributed by atoms with Gasteiger partial charge in [0.25, 0.3) is 0 Å². The SMILES string of the molecule is O=C1CCCC2=C3CC(O)CN4CCCC(CN12)C34. The number of piperidine rings is 3. The third-order valence-electron chi connectivity index (χ3n) is 5.34. The lowest BCUT2D eigenvalue weighted by Crippen LogP contribution is -2.59. The van der Waals surface area contributed by atoms with Gasteiger partial charge in [0, 0.05) is 31.2 Å². The summed E-state index contributed by atoms with van der Waals surface area (Å²) in [5.74, 6) is 0.909. The molecule has 0 aromatic rings. The standard InChI is InChI=1S/C15H22N2O2/c18-11-7-12-13-4-1-5-14(19)17(13)8-10-3-2-6-16(9-11)15(10)12/h10-11,15,18H,1-9H2. The molecule has 0 aromatic carbocycles. The maximum Gasteiger partial charge on any atom is 0.226 e. The van der Waals surface area contributed by atoms with Crippen molar-refractivity contribution in [3.8, 4) is 0 Å². The maximum absolute atomic E-state index is 12.2. The van der Waals surface area contributed by atoms with E-state index >= 15 is 0 Å². The summed E-state index contributed by atoms with van der Waals surface area (Å²) in [6.45, 7) is 2.86. The zero-order valence-electron chi connectivity index (χ0n) is 11.3. The Kier molecular flexibility index (Phi) is 2.71. The number of carbonyl (C=O) groups excluding carboxylic acids is 1. The van der Waals surface area contributed by atoms with Crippen molar-refractivity contribution in [2.75, 3.05) is 19.6 Å². The van der Waals surface area contributed by atoms with E-state index in [1.165, 1.54) is 24.1 Å². The number of allylic oxidation sites excluding steroid dienone is 1. The van der Waals surface area contributed by atoms with E-state index in [9.17, 15) is 9.90 Å². The summed E-state index contributed by atoms with van der Waals surface area (Å²) in [4.78, 5) is 16.7. The molecule has 3 fully saturated rings. The number of hydrogen-bond acceptors (Lipinski definition) is 3. The molecule has 104 valence electrons. The fraction of sp³-hybridized carbons (Fsp3) is 0.800. The van der Waals surface area contributed by atoms with Crippen LogP contribution < -0.4 is 0 Å². The zero-order valence-corrected chi connectivity index (χ0v) is 11.3. The minimum Gasteiger partial charge on any atom is -0.391 e. The van der Waals surface area contributed by atoms with Gasteiger partial charge >= 0.3 is 0 Å². The summed E-state index contributed by atoms with van der Waals surface area (Å²) < 4.78 is 0. The number of rotatable bonds is 0. The lowest BCUT2D eigenvalue weighted by atomic mass is 9.74. The van der Waals surface area contributed by atoms with E-state index in [0.29, 0.717) is 24.3 Å². The van der Waals surface area contributed by atoms with Gasteiger partial charge < -0.3 is 10.0 Å². The maximum atomic E-state index is 12.2. The normalized spacial score (nSPS) is 39.1. The predicted octanol–water partition coefficient (Wildman–Crippen LogP) is 1.11. The zero-order chi connectivity index (χ0) is 13.0. The Morgan fingerprint density at radius 3 is 2.95 bits per heavy atom. The fourth-order valence-corrected chi connectivity index (χ4v) is 4.66. The summed E-state index contributed by atoms with van der Waals surface area (Å²) >= 11 is 0. The summed E-state index contributed by atoms with van der Waals surface area (Å²) in [7, 11) is 0. The predicted molar refractivity (Wildman–Crippen MR) is 71.3 cm³/mol. The Morgan fingerprint density at radius 1 is 1.16 bits per heavy atom. The minimum atomic E-state index is -0.241. The molecule has 3 unspecified atom stereocenters. The first kappa shape index (κ1) is 11.9. The molecule has 0 aliphatic carbocycles. The van der Waals surface area contributed by atoms with Crippen LogP contribution >= 0.6 is 0 Å². The number of carbonyl (C=O) groups is 1. The molecule has 1 amide bonds. The number of nitrogens with zero attached hydrogens (tertiary/aromatic N) is 2. The number of hydrogen-bond donors (Lipinski definition) is 1. The first-order valence-corrected chi connectivity index (χ1v) is 7.68. The highest BCUT2D eigenvalue weighted by Gasteiger charge is 2.45. The molecule has 1 N–H and O–H groups in total. The monoisotopic (exact) mass is 262 g/mol. The van der Waals surface area contributed by atoms with Gasteiger partial charge in [-0.15, -0.1) is 0 Å². The van der Waals surface area contributed by atoms with Crippen molar-refractivity contribution in [2.24, 2.45) is 5.92 Å². The van der Waals surface area contributed by atoms with E-state index in [0.717, 1.165) is 38.9 Å². The minimum absolute atomic E-state index is 0.241. The second kappa shape index (κ2) is 4.32. The van der Waals surface area contributed by atoms with Crippen LogP contribution in [0.5, 0.6) is 0 Å². The van der Waals surface area contributed by atoms with E-state index in [1.807, 2.05) is 0 Å². The van der Waals surface area contributed by atoms with E-state index in [2.05, 4.69) is 9.80 Å². The molecule has 0 saturated carbocycles. The highest BCUT2D eigenvalue weighted by molar-refractivity contribution is 5.79. The van der Waals surface area contributed by atoms with Crippen molar-refractivity contribution in [1.82, 2.24) is 9.80 Å². The Labute approximate surface area is 114 Å². The quantitative estimate of drug-likeness (QED) is 0.711. The smallest absolute Gasteiger partial charge is 0.226 e. The van der Waals surface area contributed by atoms with Crippen molar-refractivity contribution < 1.29 is 9.90 Å². The van der Waals surface area contributed by atoms with Crippen LogP contribution in [0.3, 0.4) is 0 Å². The summed E-state index contributed by atoms with van der Waals surface area (Å²) in [5.41, 5.74) is 2.66. The summed E-state index contributed by atoms with van der Waals surface area (Å²) in [6.07, 6.45) is 5.72. The third-order valence-corrected chi connectivity index (χ3v) is 5.34. The van der Waals surface area contributed by atoms with Gasteiger partial charge in [0.1, 0.15) is 0 Å². The molecule has 0 radical (unpaired) electrons. The van der Waals surface area contributed by atoms with Crippen LogP contribution in [0.4, 0.5) is 0 Å². The molecule has 4 aliphatic rings. The number of aliphatic hydroxyl groups excluding tert-OH is 1. The average molecular weight is 262 g/mol. The molecule has 4 heteroatoms. The number of amides is 1. The van der Waals surface area contributed by atoms with Crippen molar-refractivity contribution >= 4 is 5.91 Å². The second-order valence-corrected chi connectivity index (χ2v) is 6.53. The Bertz CT molecular complexity index is 445. The third kappa shape index (κ3) is 1.77. The van der Waals surface area contributed by atoms with E-state index < -0.39 is 0 Å². The molecule has 0 spiro atoms. The molecule has 19 heavy (non-hydrogen) atoms. The summed E-state index contributed by atoms with van der Waals surface area (Å²) in [5, 5.41) is 10.1. The Hall–Kier alpha value is -0.870. The van der Waals surface area contributed by atoms with E-state index in [4.69, 9.17) is 0 Å². The first-order chi connectivity index (χ1) is 9.24. The molecule has 0 aromatic heterocycles. The molecule has 4 heterocycles. The van der Waals surface area contributed by atoms with Crippen LogP contribution in [-0.4, -0.2) is 52.6 Å². The largest absolute Gasteiger partial charge is 0.391 e. The number of aliphatic hydroxyl groups is 1. The van der Waals surface area contributed by atoms with Gasteiger partial charge in [-0.3, -0.25) is 9.69 Å². The van der Waals surface area contributed by atoms with Gasteiger partial charge in [-0.2, -0.15) is 0 Å². The second-order valence-electron chi connectivity index (χ2n) is 6.53. The van der Waals surface area contributed by atoms with Gasteiger partial charge in [0.2, 0.25) is 5.91 Å². The average Bonchev–Trinajstić information content (AvgIpc) is 2.40. The molecule has 4 aliphatic heterocycles. The van der Waals surface area contributed by atoms with Crippen molar-refractivity contribution in [3.63, 3.8) is 0 Å². The van der Waals surface area contributed by atoms with Gasteiger partial charge in [-0.25, -0.2) is 0 Å². The Morgan fingerprint density at radius 2 is 2.05 bits per heavy atom. The van der Waals surface area contributed by atoms with Crippen LogP contribution in [0.15, 0.2) is 11.3 Å². The van der Waals surface area contributed by atoms with E-state index in [1.54, 1.807) is 0 Å². The first-order valence-electron chi connectivity index (χ1n) is 7.68. The fourth-order valence-electron chi connectivity index (χ4n) is 4.66. The van der Waals surface area contributed by atoms with Crippen molar-refractivity contribution in [2.45, 2.75) is 50.7 Å². The van der Waals surface area contributed by atoms with Gasteiger partial charge in [0.05, 0.1) is 6.10 Å². The lowest BCUT2D eigenvalue weighted by Gasteiger charge is -2.53. The summed E-state index contributed by atoms with van der Waals surface area (Å²) in [6, 6.07) is 0.522. The molecule has 0 bridgehead atoms.